The molecular formula is C15H21FN2O. The number of hydrogen-bond donors (Lipinski definition) is 1. The van der Waals surface area contributed by atoms with E-state index in [4.69, 9.17) is 5.73 Å². The maximum Gasteiger partial charge on any atom is 0.224 e. The van der Waals surface area contributed by atoms with Gasteiger partial charge < -0.3 is 10.6 Å². The summed E-state index contributed by atoms with van der Waals surface area (Å²) >= 11 is 0. The molecule has 0 radical (unpaired) electrons. The van der Waals surface area contributed by atoms with Crippen molar-refractivity contribution in [2.75, 3.05) is 13.1 Å². The zero-order chi connectivity index (χ0) is 13.7. The van der Waals surface area contributed by atoms with Crippen LogP contribution in [0.15, 0.2) is 24.3 Å². The summed E-state index contributed by atoms with van der Waals surface area (Å²) in [5.41, 5.74) is 6.55. The van der Waals surface area contributed by atoms with Gasteiger partial charge in [0.05, 0.1) is 0 Å². The summed E-state index contributed by atoms with van der Waals surface area (Å²) in [6.45, 7) is 1.68. The van der Waals surface area contributed by atoms with Crippen molar-refractivity contribution in [1.29, 1.82) is 0 Å². The summed E-state index contributed by atoms with van der Waals surface area (Å²) in [6, 6.07) is 6.28. The monoisotopic (exact) mass is 264 g/mol. The van der Waals surface area contributed by atoms with Gasteiger partial charge in [-0.15, -0.1) is 0 Å². The van der Waals surface area contributed by atoms with Gasteiger partial charge in [-0.1, -0.05) is 18.2 Å². The third-order valence-corrected chi connectivity index (χ3v) is 3.59. The molecule has 1 amide bonds. The summed E-state index contributed by atoms with van der Waals surface area (Å²) in [7, 11) is 0. The van der Waals surface area contributed by atoms with Gasteiger partial charge in [-0.25, -0.2) is 4.39 Å². The van der Waals surface area contributed by atoms with Gasteiger partial charge >= 0.3 is 0 Å². The van der Waals surface area contributed by atoms with E-state index in [0.717, 1.165) is 25.9 Å². The second kappa shape index (κ2) is 6.66. The minimum atomic E-state index is -0.314. The van der Waals surface area contributed by atoms with Crippen molar-refractivity contribution in [3.63, 3.8) is 0 Å². The van der Waals surface area contributed by atoms with E-state index < -0.39 is 0 Å². The zero-order valence-electron chi connectivity index (χ0n) is 11.1. The third-order valence-electron chi connectivity index (χ3n) is 3.59. The number of piperidine rings is 1. The van der Waals surface area contributed by atoms with Crippen LogP contribution in [-0.4, -0.2) is 29.9 Å². The number of hydrogen-bond acceptors (Lipinski definition) is 2. The molecule has 1 fully saturated rings. The fourth-order valence-corrected chi connectivity index (χ4v) is 2.52. The minimum absolute atomic E-state index is 0.100. The van der Waals surface area contributed by atoms with Crippen molar-refractivity contribution in [3.05, 3.63) is 35.6 Å². The molecule has 1 aliphatic heterocycles. The first-order valence-electron chi connectivity index (χ1n) is 6.93. The molecule has 2 N–H and O–H groups in total. The number of carbonyl (C=O) groups excluding carboxylic acids is 1. The topological polar surface area (TPSA) is 46.3 Å². The molecule has 4 heteroatoms. The van der Waals surface area contributed by atoms with Crippen LogP contribution in [0, 0.1) is 5.82 Å². The Bertz CT molecular complexity index is 430. The average Bonchev–Trinajstić information content (AvgIpc) is 2.42. The van der Waals surface area contributed by atoms with Crippen LogP contribution in [0.3, 0.4) is 0 Å². The lowest BCUT2D eigenvalue weighted by molar-refractivity contribution is -0.132. The van der Waals surface area contributed by atoms with Crippen molar-refractivity contribution in [3.8, 4) is 0 Å². The molecule has 1 aliphatic rings. The molecular weight excluding hydrogens is 243 g/mol. The van der Waals surface area contributed by atoms with Crippen LogP contribution in [0.25, 0.3) is 0 Å². The summed E-state index contributed by atoms with van der Waals surface area (Å²) < 4.78 is 13.5. The summed E-state index contributed by atoms with van der Waals surface area (Å²) in [6.07, 6.45) is 4.06. The molecule has 0 aliphatic carbocycles. The maximum absolute atomic E-state index is 13.5. The highest BCUT2D eigenvalue weighted by atomic mass is 19.1. The average molecular weight is 264 g/mol. The van der Waals surface area contributed by atoms with Crippen molar-refractivity contribution in [2.45, 2.75) is 38.1 Å². The van der Waals surface area contributed by atoms with E-state index in [1.807, 2.05) is 4.90 Å². The molecule has 0 bridgehead atoms. The summed E-state index contributed by atoms with van der Waals surface area (Å²) in [4.78, 5) is 13.9. The number of likely N-dealkylation sites (tertiary alicyclic amines) is 1. The van der Waals surface area contributed by atoms with Gasteiger partial charge in [-0.2, -0.15) is 0 Å². The van der Waals surface area contributed by atoms with E-state index in [9.17, 15) is 9.18 Å². The van der Waals surface area contributed by atoms with E-state index >= 15 is 0 Å². The number of amides is 1. The number of halogens is 1. The van der Waals surface area contributed by atoms with E-state index in [1.165, 1.54) is 12.5 Å². The number of nitrogens with zero attached hydrogens (tertiary/aromatic N) is 1. The molecule has 1 aromatic rings. The molecule has 0 unspecified atom stereocenters. The standard InChI is InChI=1S/C15H21FN2O/c16-14-7-3-2-6-12(14)10-13(17)11-15(19)18-8-4-1-5-9-18/h2-3,6-7,13H,1,4-5,8-11,17H2/t13-/m1/s1. The van der Waals surface area contributed by atoms with Gasteiger partial charge in [0.25, 0.3) is 0 Å². The number of carbonyl (C=O) groups is 1. The van der Waals surface area contributed by atoms with Gasteiger partial charge in [0.1, 0.15) is 5.82 Å². The Balaban J connectivity index is 1.85. The van der Waals surface area contributed by atoms with Crippen LogP contribution < -0.4 is 5.73 Å². The number of benzene rings is 1. The van der Waals surface area contributed by atoms with Gasteiger partial charge in [0.15, 0.2) is 0 Å². The largest absolute Gasteiger partial charge is 0.343 e. The summed E-state index contributed by atoms with van der Waals surface area (Å²) in [5.74, 6) is -0.146. The predicted molar refractivity (Wildman–Crippen MR) is 73.1 cm³/mol. The van der Waals surface area contributed by atoms with E-state index in [2.05, 4.69) is 0 Å². The van der Waals surface area contributed by atoms with Crippen LogP contribution in [0.2, 0.25) is 0 Å². The Labute approximate surface area is 113 Å². The molecule has 104 valence electrons. The minimum Gasteiger partial charge on any atom is -0.343 e. The molecule has 1 heterocycles. The Kier molecular flexibility index (Phi) is 4.91. The highest BCUT2D eigenvalue weighted by molar-refractivity contribution is 5.76. The SMILES string of the molecule is N[C@@H](CC(=O)N1CCCCC1)Cc1ccccc1F. The Morgan fingerprint density at radius 3 is 2.63 bits per heavy atom. The molecule has 1 saturated heterocycles. The first kappa shape index (κ1) is 14.0. The Morgan fingerprint density at radius 2 is 1.95 bits per heavy atom. The fraction of sp³-hybridized carbons (Fsp3) is 0.533. The maximum atomic E-state index is 13.5. The highest BCUT2D eigenvalue weighted by Crippen LogP contribution is 2.13. The smallest absolute Gasteiger partial charge is 0.224 e. The first-order chi connectivity index (χ1) is 9.16. The van der Waals surface area contributed by atoms with E-state index in [-0.39, 0.29) is 17.8 Å². The summed E-state index contributed by atoms with van der Waals surface area (Å²) in [5, 5.41) is 0. The molecule has 0 aromatic heterocycles. The van der Waals surface area contributed by atoms with Crippen molar-refractivity contribution in [2.24, 2.45) is 5.73 Å². The lowest BCUT2D eigenvalue weighted by Gasteiger charge is -2.27. The molecule has 0 spiro atoms. The Hall–Kier alpha value is -1.42. The lowest BCUT2D eigenvalue weighted by Crippen LogP contribution is -2.39. The van der Waals surface area contributed by atoms with Crippen molar-refractivity contribution in [1.82, 2.24) is 4.90 Å². The van der Waals surface area contributed by atoms with Crippen LogP contribution >= 0.6 is 0 Å². The molecule has 1 atom stereocenters. The van der Waals surface area contributed by atoms with Crippen molar-refractivity contribution >= 4 is 5.91 Å². The van der Waals surface area contributed by atoms with Gasteiger partial charge in [-0.05, 0) is 37.3 Å². The quantitative estimate of drug-likeness (QED) is 0.905. The van der Waals surface area contributed by atoms with Gasteiger partial charge in [0.2, 0.25) is 5.91 Å². The van der Waals surface area contributed by atoms with Crippen LogP contribution in [0.4, 0.5) is 4.39 Å². The second-order valence-corrected chi connectivity index (χ2v) is 5.20. The molecule has 3 nitrogen and oxygen atoms in total. The second-order valence-electron chi connectivity index (χ2n) is 5.20. The molecule has 0 saturated carbocycles. The third kappa shape index (κ3) is 4.03. The van der Waals surface area contributed by atoms with Crippen LogP contribution in [-0.2, 0) is 11.2 Å². The van der Waals surface area contributed by atoms with Crippen molar-refractivity contribution < 1.29 is 9.18 Å². The Morgan fingerprint density at radius 1 is 1.26 bits per heavy atom. The van der Waals surface area contributed by atoms with E-state index in [0.29, 0.717) is 18.4 Å². The number of rotatable bonds is 4. The lowest BCUT2D eigenvalue weighted by atomic mass is 10.0. The normalized spacial score (nSPS) is 17.3. The predicted octanol–water partition coefficient (Wildman–Crippen LogP) is 2.10. The molecule has 2 rings (SSSR count). The molecule has 1 aromatic carbocycles. The van der Waals surface area contributed by atoms with E-state index in [1.54, 1.807) is 18.2 Å². The van der Waals surface area contributed by atoms with Gasteiger partial charge in [-0.3, -0.25) is 4.79 Å². The van der Waals surface area contributed by atoms with Gasteiger partial charge in [0, 0.05) is 25.6 Å². The first-order valence-corrected chi connectivity index (χ1v) is 6.93. The zero-order valence-corrected chi connectivity index (χ0v) is 11.1. The molecule has 19 heavy (non-hydrogen) atoms. The van der Waals surface area contributed by atoms with Crippen LogP contribution in [0.5, 0.6) is 0 Å². The highest BCUT2D eigenvalue weighted by Gasteiger charge is 2.19. The fourth-order valence-electron chi connectivity index (χ4n) is 2.52. The number of nitrogens with two attached hydrogens (primary N) is 1. The van der Waals surface area contributed by atoms with Crippen LogP contribution in [0.1, 0.15) is 31.2 Å².